The fourth-order valence-electron chi connectivity index (χ4n) is 0.909. The molecule has 1 aliphatic heterocycles. The molecule has 0 bridgehead atoms. The second kappa shape index (κ2) is 4.27. The van der Waals surface area contributed by atoms with Gasteiger partial charge in [-0.1, -0.05) is 0 Å². The molecule has 1 saturated heterocycles. The minimum atomic E-state index is -0.240. The van der Waals surface area contributed by atoms with Gasteiger partial charge in [-0.15, -0.1) is 0 Å². The minimum absolute atomic E-state index is 0.125. The summed E-state index contributed by atoms with van der Waals surface area (Å²) in [6.07, 6.45) is -0.240. The summed E-state index contributed by atoms with van der Waals surface area (Å²) in [5, 5.41) is 10.4. The van der Waals surface area contributed by atoms with E-state index in [0.717, 1.165) is 6.54 Å². The summed E-state index contributed by atoms with van der Waals surface area (Å²) in [5.74, 6) is 0.125. The number of hydrogen-bond donors (Lipinski definition) is 3. The predicted molar refractivity (Wildman–Crippen MR) is 40.5 cm³/mol. The van der Waals surface area contributed by atoms with Gasteiger partial charge in [0.25, 0.3) is 0 Å². The van der Waals surface area contributed by atoms with Crippen LogP contribution in [0.15, 0.2) is 0 Å². The van der Waals surface area contributed by atoms with Gasteiger partial charge in [0.05, 0.1) is 6.61 Å². The maximum Gasteiger partial charge on any atom is 0.236 e. The lowest BCUT2D eigenvalue weighted by Gasteiger charge is -2.22. The van der Waals surface area contributed by atoms with Gasteiger partial charge in [0.15, 0.2) is 0 Å². The Morgan fingerprint density at radius 2 is 2.64 bits per heavy atom. The molecular formula is C6H13N3O2. The van der Waals surface area contributed by atoms with Gasteiger partial charge in [-0.05, 0) is 0 Å². The zero-order valence-corrected chi connectivity index (χ0v) is 6.52. The molecule has 1 fully saturated rings. The first-order valence-corrected chi connectivity index (χ1v) is 3.59. The molecule has 0 saturated carbocycles. The van der Waals surface area contributed by atoms with E-state index in [1.54, 1.807) is 7.05 Å². The maximum atomic E-state index is 7.33. The van der Waals surface area contributed by atoms with Crippen molar-refractivity contribution in [3.8, 4) is 0 Å². The van der Waals surface area contributed by atoms with E-state index in [-0.39, 0.29) is 12.0 Å². The smallest absolute Gasteiger partial charge is 0.236 e. The van der Waals surface area contributed by atoms with E-state index in [9.17, 15) is 0 Å². The Morgan fingerprint density at radius 3 is 3.18 bits per heavy atom. The summed E-state index contributed by atoms with van der Waals surface area (Å²) in [6, 6.07) is 0. The quantitative estimate of drug-likeness (QED) is 0.277. The normalized spacial score (nSPS) is 24.6. The molecule has 1 unspecified atom stereocenters. The third-order valence-electron chi connectivity index (χ3n) is 1.43. The van der Waals surface area contributed by atoms with Crippen LogP contribution in [0.3, 0.4) is 0 Å². The van der Waals surface area contributed by atoms with Crippen LogP contribution >= 0.6 is 0 Å². The Morgan fingerprint density at radius 1 is 1.82 bits per heavy atom. The summed E-state index contributed by atoms with van der Waals surface area (Å²) >= 11 is 0. The van der Waals surface area contributed by atoms with Crippen molar-refractivity contribution >= 4 is 5.90 Å². The standard InChI is InChI=1S/C6H13N3O2/c1-8-11-6(7)5-4-9-2-3-10-5/h5,7-9H,2-4H2,1H3. The summed E-state index contributed by atoms with van der Waals surface area (Å²) in [4.78, 5) is 4.75. The lowest BCUT2D eigenvalue weighted by Crippen LogP contribution is -2.44. The number of ether oxygens (including phenoxy) is 1. The first-order chi connectivity index (χ1) is 5.34. The number of rotatable bonds is 2. The molecule has 1 atom stereocenters. The average Bonchev–Trinajstić information content (AvgIpc) is 2.07. The van der Waals surface area contributed by atoms with Crippen LogP contribution in [-0.2, 0) is 9.57 Å². The van der Waals surface area contributed by atoms with Gasteiger partial charge in [0.2, 0.25) is 5.90 Å². The first kappa shape index (κ1) is 8.45. The summed E-state index contributed by atoms with van der Waals surface area (Å²) in [6.45, 7) is 2.14. The molecule has 0 radical (unpaired) electrons. The van der Waals surface area contributed by atoms with Crippen molar-refractivity contribution < 1.29 is 9.57 Å². The molecule has 0 amide bonds. The van der Waals surface area contributed by atoms with E-state index in [2.05, 4.69) is 10.8 Å². The van der Waals surface area contributed by atoms with Gasteiger partial charge in [-0.2, -0.15) is 5.48 Å². The van der Waals surface area contributed by atoms with E-state index in [1.165, 1.54) is 0 Å². The Bertz CT molecular complexity index is 134. The number of morpholine rings is 1. The van der Waals surface area contributed by atoms with E-state index >= 15 is 0 Å². The van der Waals surface area contributed by atoms with E-state index in [4.69, 9.17) is 15.0 Å². The van der Waals surface area contributed by atoms with Crippen LogP contribution in [0.5, 0.6) is 0 Å². The average molecular weight is 159 g/mol. The molecule has 64 valence electrons. The number of hydrogen-bond acceptors (Lipinski definition) is 5. The minimum Gasteiger partial charge on any atom is -0.391 e. The summed E-state index contributed by atoms with van der Waals surface area (Å²) in [7, 11) is 1.62. The molecule has 0 aromatic rings. The number of nitrogens with one attached hydrogen (secondary N) is 3. The second-order valence-corrected chi connectivity index (χ2v) is 2.23. The van der Waals surface area contributed by atoms with Crippen LogP contribution in [0.1, 0.15) is 0 Å². The molecule has 0 spiro atoms. The molecule has 3 N–H and O–H groups in total. The molecule has 0 aromatic heterocycles. The van der Waals surface area contributed by atoms with Crippen molar-refractivity contribution in [1.82, 2.24) is 10.8 Å². The van der Waals surface area contributed by atoms with Crippen LogP contribution in [-0.4, -0.2) is 38.7 Å². The van der Waals surface area contributed by atoms with Gasteiger partial charge >= 0.3 is 0 Å². The monoisotopic (exact) mass is 159 g/mol. The zero-order chi connectivity index (χ0) is 8.10. The van der Waals surface area contributed by atoms with Crippen molar-refractivity contribution in [2.75, 3.05) is 26.7 Å². The zero-order valence-electron chi connectivity index (χ0n) is 6.52. The highest BCUT2D eigenvalue weighted by atomic mass is 16.7. The van der Waals surface area contributed by atoms with Crippen LogP contribution in [0.2, 0.25) is 0 Å². The SMILES string of the molecule is CNOC(=N)C1CNCCO1. The Labute approximate surface area is 65.5 Å². The molecule has 0 aliphatic carbocycles. The Kier molecular flexibility index (Phi) is 3.28. The van der Waals surface area contributed by atoms with Crippen molar-refractivity contribution in [1.29, 1.82) is 5.41 Å². The highest BCUT2D eigenvalue weighted by molar-refractivity contribution is 5.77. The van der Waals surface area contributed by atoms with Crippen LogP contribution in [0, 0.1) is 5.41 Å². The van der Waals surface area contributed by atoms with Crippen LogP contribution in [0.25, 0.3) is 0 Å². The predicted octanol–water partition coefficient (Wildman–Crippen LogP) is -0.897. The Hall–Kier alpha value is -0.650. The Balaban J connectivity index is 2.27. The molecule has 1 aliphatic rings. The van der Waals surface area contributed by atoms with Gasteiger partial charge in [0, 0.05) is 20.1 Å². The number of hydroxylamine groups is 1. The van der Waals surface area contributed by atoms with Crippen LogP contribution < -0.4 is 10.8 Å². The van der Waals surface area contributed by atoms with E-state index in [1.807, 2.05) is 0 Å². The van der Waals surface area contributed by atoms with Gasteiger partial charge < -0.3 is 14.9 Å². The third kappa shape index (κ3) is 2.45. The van der Waals surface area contributed by atoms with Gasteiger partial charge in [-0.3, -0.25) is 5.41 Å². The summed E-state index contributed by atoms with van der Waals surface area (Å²) < 4.78 is 5.24. The van der Waals surface area contributed by atoms with Crippen molar-refractivity contribution in [2.45, 2.75) is 6.10 Å². The van der Waals surface area contributed by atoms with Crippen LogP contribution in [0.4, 0.5) is 0 Å². The fourth-order valence-corrected chi connectivity index (χ4v) is 0.909. The highest BCUT2D eigenvalue weighted by Crippen LogP contribution is 1.97. The second-order valence-electron chi connectivity index (χ2n) is 2.23. The molecule has 5 heteroatoms. The van der Waals surface area contributed by atoms with Gasteiger partial charge in [-0.25, -0.2) is 0 Å². The van der Waals surface area contributed by atoms with Crippen molar-refractivity contribution in [2.24, 2.45) is 0 Å². The first-order valence-electron chi connectivity index (χ1n) is 3.59. The molecule has 5 nitrogen and oxygen atoms in total. The third-order valence-corrected chi connectivity index (χ3v) is 1.43. The van der Waals surface area contributed by atoms with Crippen molar-refractivity contribution in [3.05, 3.63) is 0 Å². The molecule has 1 rings (SSSR count). The highest BCUT2D eigenvalue weighted by Gasteiger charge is 2.19. The largest absolute Gasteiger partial charge is 0.391 e. The molecule has 1 heterocycles. The molecule has 11 heavy (non-hydrogen) atoms. The summed E-state index contributed by atoms with van der Waals surface area (Å²) in [5.41, 5.74) is 2.43. The molecular weight excluding hydrogens is 146 g/mol. The van der Waals surface area contributed by atoms with Crippen molar-refractivity contribution in [3.63, 3.8) is 0 Å². The lowest BCUT2D eigenvalue weighted by molar-refractivity contribution is 0.0438. The fraction of sp³-hybridized carbons (Fsp3) is 0.833. The van der Waals surface area contributed by atoms with Gasteiger partial charge in [0.1, 0.15) is 6.10 Å². The van der Waals surface area contributed by atoms with E-state index in [0.29, 0.717) is 13.2 Å². The maximum absolute atomic E-state index is 7.33. The lowest BCUT2D eigenvalue weighted by atomic mass is 10.3. The van der Waals surface area contributed by atoms with E-state index < -0.39 is 0 Å². The molecule has 0 aromatic carbocycles. The topological polar surface area (TPSA) is 66.4 Å².